The fourth-order valence-electron chi connectivity index (χ4n) is 4.17. The number of halogens is 1. The zero-order valence-electron chi connectivity index (χ0n) is 18.5. The molecule has 8 heteroatoms. The summed E-state index contributed by atoms with van der Waals surface area (Å²) >= 11 is 0. The Morgan fingerprint density at radius 2 is 1.97 bits per heavy atom. The third kappa shape index (κ3) is 4.43. The summed E-state index contributed by atoms with van der Waals surface area (Å²) in [6.45, 7) is 2.72. The number of amides is 1. The lowest BCUT2D eigenvalue weighted by Crippen LogP contribution is -2.37. The molecule has 5 rings (SSSR count). The minimum Gasteiger partial charge on any atom is -0.497 e. The van der Waals surface area contributed by atoms with Crippen molar-refractivity contribution in [2.75, 3.05) is 38.3 Å². The van der Waals surface area contributed by atoms with Crippen LogP contribution in [0.15, 0.2) is 53.1 Å². The van der Waals surface area contributed by atoms with E-state index in [0.717, 1.165) is 12.8 Å². The van der Waals surface area contributed by atoms with E-state index in [9.17, 15) is 9.18 Å². The van der Waals surface area contributed by atoms with Gasteiger partial charge >= 0.3 is 0 Å². The monoisotopic (exact) mass is 451 g/mol. The Kier molecular flexibility index (Phi) is 6.00. The second-order valence-corrected chi connectivity index (χ2v) is 8.29. The van der Waals surface area contributed by atoms with Crippen molar-refractivity contribution < 1.29 is 23.2 Å². The number of carbonyl (C=O) groups excluding carboxylic acids is 1. The number of methoxy groups -OCH3 is 1. The lowest BCUT2D eigenvalue weighted by atomic mass is 10.1. The minimum atomic E-state index is -0.377. The molecule has 2 fully saturated rings. The zero-order chi connectivity index (χ0) is 22.8. The summed E-state index contributed by atoms with van der Waals surface area (Å²) in [4.78, 5) is 17.4. The van der Waals surface area contributed by atoms with Crippen molar-refractivity contribution in [1.82, 2.24) is 10.1 Å². The second kappa shape index (κ2) is 9.23. The van der Waals surface area contributed by atoms with E-state index in [1.807, 2.05) is 11.0 Å². The van der Waals surface area contributed by atoms with Gasteiger partial charge in [-0.15, -0.1) is 0 Å². The van der Waals surface area contributed by atoms with Crippen LogP contribution in [-0.2, 0) is 11.3 Å². The van der Waals surface area contributed by atoms with Crippen LogP contribution in [0.2, 0.25) is 0 Å². The largest absolute Gasteiger partial charge is 0.497 e. The van der Waals surface area contributed by atoms with Crippen molar-refractivity contribution in [3.8, 4) is 17.0 Å². The van der Waals surface area contributed by atoms with Gasteiger partial charge in [0.25, 0.3) is 5.91 Å². The van der Waals surface area contributed by atoms with Crippen LogP contribution < -0.4 is 9.64 Å². The number of anilines is 1. The topological polar surface area (TPSA) is 68.0 Å². The number of ether oxygens (including phenoxy) is 2. The first-order chi connectivity index (χ1) is 16.2. The lowest BCUT2D eigenvalue weighted by Gasteiger charge is -2.28. The standard InChI is InChI=1S/C25H26FN3O4/c1-31-19-6-4-5-17(15-19)24(30)29(18-9-10-18)16-21-23(20-7-2-3-8-22(20)26)27-33-25(21)28-11-13-32-14-12-28/h2-8,15,18H,9-14,16H2,1H3. The van der Waals surface area contributed by atoms with E-state index in [4.69, 9.17) is 14.0 Å². The molecule has 0 unspecified atom stereocenters. The van der Waals surface area contributed by atoms with E-state index in [1.54, 1.807) is 43.5 Å². The Bertz CT molecular complexity index is 1140. The van der Waals surface area contributed by atoms with Crippen molar-refractivity contribution in [2.45, 2.75) is 25.4 Å². The molecule has 1 saturated heterocycles. The number of morpholine rings is 1. The molecule has 0 atom stereocenters. The van der Waals surface area contributed by atoms with Gasteiger partial charge in [0.05, 0.1) is 32.4 Å². The highest BCUT2D eigenvalue weighted by atomic mass is 19.1. The summed E-state index contributed by atoms with van der Waals surface area (Å²) in [5.41, 5.74) is 2.06. The quantitative estimate of drug-likeness (QED) is 0.538. The van der Waals surface area contributed by atoms with Gasteiger partial charge in [0, 0.05) is 30.3 Å². The molecule has 2 aliphatic rings. The highest BCUT2D eigenvalue weighted by molar-refractivity contribution is 5.95. The molecule has 1 amide bonds. The fraction of sp³-hybridized carbons (Fsp3) is 0.360. The number of carbonyl (C=O) groups is 1. The number of hydrogen-bond acceptors (Lipinski definition) is 6. The van der Waals surface area contributed by atoms with Crippen LogP contribution in [0.4, 0.5) is 10.3 Å². The molecule has 1 aliphatic carbocycles. The molecule has 1 saturated carbocycles. The molecular weight excluding hydrogens is 425 g/mol. The normalized spacial score (nSPS) is 16.0. The van der Waals surface area contributed by atoms with Gasteiger partial charge in [0.1, 0.15) is 17.3 Å². The summed E-state index contributed by atoms with van der Waals surface area (Å²) < 4.78 is 31.3. The van der Waals surface area contributed by atoms with Crippen molar-refractivity contribution in [1.29, 1.82) is 0 Å². The van der Waals surface area contributed by atoms with Crippen LogP contribution in [0.25, 0.3) is 11.3 Å². The van der Waals surface area contributed by atoms with Crippen molar-refractivity contribution in [3.05, 3.63) is 65.5 Å². The van der Waals surface area contributed by atoms with E-state index in [-0.39, 0.29) is 24.3 Å². The molecule has 1 aliphatic heterocycles. The predicted molar refractivity (Wildman–Crippen MR) is 121 cm³/mol. The first kappa shape index (κ1) is 21.5. The SMILES string of the molecule is COc1cccc(C(=O)N(Cc2c(-c3ccccc3F)noc2N2CCOCC2)C2CC2)c1. The smallest absolute Gasteiger partial charge is 0.254 e. The van der Waals surface area contributed by atoms with Gasteiger partial charge in [-0.3, -0.25) is 4.79 Å². The average Bonchev–Trinajstić information content (AvgIpc) is 3.62. The molecule has 3 aromatic rings. The second-order valence-electron chi connectivity index (χ2n) is 8.29. The molecule has 172 valence electrons. The molecule has 2 heterocycles. The predicted octanol–water partition coefficient (Wildman–Crippen LogP) is 4.13. The van der Waals surface area contributed by atoms with Crippen LogP contribution in [0, 0.1) is 5.82 Å². The Balaban J connectivity index is 1.53. The third-order valence-electron chi connectivity index (χ3n) is 6.09. The maximum Gasteiger partial charge on any atom is 0.254 e. The average molecular weight is 451 g/mol. The van der Waals surface area contributed by atoms with Crippen molar-refractivity contribution in [2.24, 2.45) is 0 Å². The van der Waals surface area contributed by atoms with E-state index >= 15 is 0 Å². The molecule has 0 radical (unpaired) electrons. The van der Waals surface area contributed by atoms with E-state index in [1.165, 1.54) is 6.07 Å². The highest BCUT2D eigenvalue weighted by Crippen LogP contribution is 2.37. The number of aromatic nitrogens is 1. The highest BCUT2D eigenvalue weighted by Gasteiger charge is 2.36. The van der Waals surface area contributed by atoms with Crippen LogP contribution in [0.1, 0.15) is 28.8 Å². The summed E-state index contributed by atoms with van der Waals surface area (Å²) in [6.07, 6.45) is 1.87. The van der Waals surface area contributed by atoms with Crippen LogP contribution in [0.5, 0.6) is 5.75 Å². The molecule has 33 heavy (non-hydrogen) atoms. The van der Waals surface area contributed by atoms with Crippen LogP contribution >= 0.6 is 0 Å². The van der Waals surface area contributed by atoms with Gasteiger partial charge in [-0.25, -0.2) is 4.39 Å². The summed E-state index contributed by atoms with van der Waals surface area (Å²) in [7, 11) is 1.58. The van der Waals surface area contributed by atoms with Crippen LogP contribution in [0.3, 0.4) is 0 Å². The molecule has 0 bridgehead atoms. The Morgan fingerprint density at radius 3 is 2.70 bits per heavy atom. The summed E-state index contributed by atoms with van der Waals surface area (Å²) in [5, 5.41) is 4.26. The molecule has 7 nitrogen and oxygen atoms in total. The van der Waals surface area contributed by atoms with Gasteiger partial charge in [0.2, 0.25) is 5.88 Å². The summed E-state index contributed by atoms with van der Waals surface area (Å²) in [6, 6.07) is 13.8. The molecule has 2 aromatic carbocycles. The van der Waals surface area contributed by atoms with Crippen molar-refractivity contribution in [3.63, 3.8) is 0 Å². The number of benzene rings is 2. The number of nitrogens with zero attached hydrogens (tertiary/aromatic N) is 3. The van der Waals surface area contributed by atoms with Gasteiger partial charge in [-0.1, -0.05) is 23.4 Å². The van der Waals surface area contributed by atoms with E-state index in [2.05, 4.69) is 10.1 Å². The van der Waals surface area contributed by atoms with Gasteiger partial charge in [-0.05, 0) is 43.2 Å². The van der Waals surface area contributed by atoms with Crippen molar-refractivity contribution >= 4 is 11.8 Å². The Hall–Kier alpha value is -3.39. The number of hydrogen-bond donors (Lipinski definition) is 0. The minimum absolute atomic E-state index is 0.0926. The van der Waals surface area contributed by atoms with Gasteiger partial charge in [0.15, 0.2) is 0 Å². The Labute approximate surface area is 191 Å². The van der Waals surface area contributed by atoms with E-state index < -0.39 is 0 Å². The molecular formula is C25H26FN3O4. The van der Waals surface area contributed by atoms with Gasteiger partial charge in [-0.2, -0.15) is 0 Å². The van der Waals surface area contributed by atoms with Crippen LogP contribution in [-0.4, -0.2) is 55.4 Å². The first-order valence-electron chi connectivity index (χ1n) is 11.2. The lowest BCUT2D eigenvalue weighted by molar-refractivity contribution is 0.0729. The molecule has 0 spiro atoms. The van der Waals surface area contributed by atoms with Gasteiger partial charge < -0.3 is 23.8 Å². The maximum absolute atomic E-state index is 14.7. The third-order valence-corrected chi connectivity index (χ3v) is 6.09. The number of rotatable bonds is 7. The fourth-order valence-corrected chi connectivity index (χ4v) is 4.17. The maximum atomic E-state index is 14.7. The first-order valence-corrected chi connectivity index (χ1v) is 11.2. The molecule has 1 aromatic heterocycles. The zero-order valence-corrected chi connectivity index (χ0v) is 18.5. The summed E-state index contributed by atoms with van der Waals surface area (Å²) in [5.74, 6) is 0.728. The van der Waals surface area contributed by atoms with E-state index in [0.29, 0.717) is 60.3 Å². The molecule has 0 N–H and O–H groups in total. The Morgan fingerprint density at radius 1 is 1.18 bits per heavy atom.